The van der Waals surface area contributed by atoms with Crippen molar-refractivity contribution in [3.05, 3.63) is 0 Å². The minimum Gasteiger partial charge on any atom is -0.428 e. The van der Waals surface area contributed by atoms with E-state index < -0.39 is 45.5 Å². The summed E-state index contributed by atoms with van der Waals surface area (Å²) >= 11 is 0. The maximum Gasteiger partial charge on any atom is 0.379 e. The second-order valence-electron chi connectivity index (χ2n) is 3.59. The summed E-state index contributed by atoms with van der Waals surface area (Å²) in [5.74, 6) is -5.82. The quantitative estimate of drug-likeness (QED) is 0.629. The fourth-order valence-electron chi connectivity index (χ4n) is 1.34. The third-order valence-electron chi connectivity index (χ3n) is 2.11. The lowest BCUT2D eigenvalue weighted by molar-refractivity contribution is -0.197. The Morgan fingerprint density at radius 1 is 1.44 bits per heavy atom. The summed E-state index contributed by atoms with van der Waals surface area (Å²) in [6, 6.07) is 0. The fourth-order valence-corrected chi connectivity index (χ4v) is 2.78. The van der Waals surface area contributed by atoms with Crippen molar-refractivity contribution in [2.24, 2.45) is 0 Å². The highest BCUT2D eigenvalue weighted by Crippen LogP contribution is 2.33. The molecule has 2 bridgehead atoms. The molecule has 2 fully saturated rings. The van der Waals surface area contributed by atoms with E-state index in [4.69, 9.17) is 4.74 Å². The van der Waals surface area contributed by atoms with Gasteiger partial charge in [0.05, 0.1) is 5.75 Å². The molecule has 2 heterocycles. The second-order valence-corrected chi connectivity index (χ2v) is 5.63. The van der Waals surface area contributed by atoms with Gasteiger partial charge >= 0.3 is 11.9 Å². The highest BCUT2D eigenvalue weighted by Gasteiger charge is 2.55. The van der Waals surface area contributed by atoms with E-state index in [1.807, 2.05) is 0 Å². The molecule has 0 radical (unpaired) electrons. The highest BCUT2D eigenvalue weighted by atomic mass is 32.2. The van der Waals surface area contributed by atoms with E-state index in [1.54, 1.807) is 0 Å². The van der Waals surface area contributed by atoms with E-state index in [9.17, 15) is 22.0 Å². The van der Waals surface area contributed by atoms with E-state index in [0.29, 0.717) is 6.92 Å². The molecule has 2 saturated heterocycles. The van der Waals surface area contributed by atoms with Crippen molar-refractivity contribution in [3.63, 3.8) is 0 Å². The lowest BCUT2D eigenvalue weighted by atomic mass is 10.3. The molecule has 92 valence electrons. The number of alkyl halides is 2. The number of esters is 1. The zero-order valence-corrected chi connectivity index (χ0v) is 8.87. The van der Waals surface area contributed by atoms with Crippen molar-refractivity contribution < 1.29 is 36.2 Å². The van der Waals surface area contributed by atoms with Gasteiger partial charge < -0.3 is 9.47 Å². The molecule has 2 aliphatic heterocycles. The third-order valence-corrected chi connectivity index (χ3v) is 3.71. The molecule has 0 N–H and O–H groups in total. The van der Waals surface area contributed by atoms with Crippen LogP contribution in [-0.2, 0) is 28.8 Å². The molecule has 2 aliphatic rings. The SMILES string of the molecule is CC(F)(F)C(=O)OC1OC2OC1CS2(=O)=O. The van der Waals surface area contributed by atoms with Crippen LogP contribution >= 0.6 is 0 Å². The third kappa shape index (κ3) is 1.89. The number of halogens is 2. The standard InChI is InChI=1S/C7H8F2O6S/c1-7(8,9)5(10)14-4-3-2-16(11,12)6(13-3)15-4/h3-4,6H,2H2,1H3. The molecule has 0 spiro atoms. The largest absolute Gasteiger partial charge is 0.428 e. The number of carbonyl (C=O) groups is 1. The molecular weight excluding hydrogens is 250 g/mol. The van der Waals surface area contributed by atoms with Gasteiger partial charge in [-0.05, 0) is 0 Å². The average molecular weight is 258 g/mol. The molecule has 2 rings (SSSR count). The average Bonchev–Trinajstić information content (AvgIpc) is 2.57. The first-order chi connectivity index (χ1) is 7.20. The maximum atomic E-state index is 12.5. The van der Waals surface area contributed by atoms with Crippen LogP contribution in [0.4, 0.5) is 8.78 Å². The van der Waals surface area contributed by atoms with Crippen LogP contribution in [0.25, 0.3) is 0 Å². The van der Waals surface area contributed by atoms with Crippen LogP contribution in [0.15, 0.2) is 0 Å². The second kappa shape index (κ2) is 3.34. The number of rotatable bonds is 2. The molecule has 9 heteroatoms. The van der Waals surface area contributed by atoms with Gasteiger partial charge in [0.15, 0.2) is 0 Å². The number of hydrogen-bond acceptors (Lipinski definition) is 6. The van der Waals surface area contributed by atoms with E-state index in [1.165, 1.54) is 0 Å². The van der Waals surface area contributed by atoms with E-state index in [-0.39, 0.29) is 0 Å². The van der Waals surface area contributed by atoms with Crippen LogP contribution in [0.3, 0.4) is 0 Å². The lowest BCUT2D eigenvalue weighted by Crippen LogP contribution is -2.40. The predicted molar refractivity (Wildman–Crippen MR) is 44.0 cm³/mol. The molecule has 3 atom stereocenters. The van der Waals surface area contributed by atoms with Crippen LogP contribution in [0.1, 0.15) is 6.92 Å². The van der Waals surface area contributed by atoms with Crippen LogP contribution in [-0.4, -0.2) is 44.1 Å². The Hall–Kier alpha value is -0.800. The van der Waals surface area contributed by atoms with Crippen molar-refractivity contribution in [2.75, 3.05) is 5.75 Å². The van der Waals surface area contributed by atoms with Crippen molar-refractivity contribution in [1.29, 1.82) is 0 Å². The van der Waals surface area contributed by atoms with Gasteiger partial charge in [0, 0.05) is 6.92 Å². The molecule has 3 unspecified atom stereocenters. The first-order valence-electron chi connectivity index (χ1n) is 4.31. The van der Waals surface area contributed by atoms with Gasteiger partial charge in [0.25, 0.3) is 5.62 Å². The minimum atomic E-state index is -3.65. The summed E-state index contributed by atoms with van der Waals surface area (Å²) in [4.78, 5) is 10.8. The summed E-state index contributed by atoms with van der Waals surface area (Å²) in [5, 5.41) is 0. The van der Waals surface area contributed by atoms with Gasteiger partial charge in [-0.2, -0.15) is 8.78 Å². The molecular formula is C7H8F2O6S. The molecule has 0 amide bonds. The summed E-state index contributed by atoms with van der Waals surface area (Å²) in [5.41, 5.74) is -1.51. The van der Waals surface area contributed by atoms with Crippen molar-refractivity contribution >= 4 is 15.8 Å². The molecule has 0 saturated carbocycles. The van der Waals surface area contributed by atoms with E-state index in [0.717, 1.165) is 0 Å². The van der Waals surface area contributed by atoms with Gasteiger partial charge in [0.2, 0.25) is 16.1 Å². The highest BCUT2D eigenvalue weighted by molar-refractivity contribution is 7.92. The summed E-state index contributed by atoms with van der Waals surface area (Å²) in [7, 11) is -3.51. The van der Waals surface area contributed by atoms with Crippen molar-refractivity contribution in [2.45, 2.75) is 30.9 Å². The number of sulfone groups is 1. The van der Waals surface area contributed by atoms with Crippen LogP contribution in [0, 0.1) is 0 Å². The maximum absolute atomic E-state index is 12.5. The zero-order chi connectivity index (χ0) is 12.1. The van der Waals surface area contributed by atoms with Crippen molar-refractivity contribution in [1.82, 2.24) is 0 Å². The smallest absolute Gasteiger partial charge is 0.379 e. The van der Waals surface area contributed by atoms with E-state index in [2.05, 4.69) is 9.47 Å². The minimum absolute atomic E-state index is 0.375. The number of ether oxygens (including phenoxy) is 3. The van der Waals surface area contributed by atoms with Gasteiger partial charge in [-0.15, -0.1) is 0 Å². The summed E-state index contributed by atoms with van der Waals surface area (Å²) in [6.07, 6.45) is -2.41. The first kappa shape index (κ1) is 11.7. The number of carbonyl (C=O) groups excluding carboxylic acids is 1. The number of hydrogen-bond donors (Lipinski definition) is 0. The Balaban J connectivity index is 2.00. The molecule has 16 heavy (non-hydrogen) atoms. The summed E-state index contributed by atoms with van der Waals surface area (Å²) < 4.78 is 60.9. The Morgan fingerprint density at radius 3 is 2.44 bits per heavy atom. The molecule has 0 aliphatic carbocycles. The molecule has 0 aromatic heterocycles. The lowest BCUT2D eigenvalue weighted by Gasteiger charge is -2.20. The van der Waals surface area contributed by atoms with Crippen molar-refractivity contribution in [3.8, 4) is 0 Å². The topological polar surface area (TPSA) is 78.9 Å². The summed E-state index contributed by atoms with van der Waals surface area (Å²) in [6.45, 7) is 0.375. The molecule has 6 nitrogen and oxygen atoms in total. The van der Waals surface area contributed by atoms with E-state index >= 15 is 0 Å². The Bertz CT molecular complexity index is 413. The van der Waals surface area contributed by atoms with Crippen LogP contribution in [0.2, 0.25) is 0 Å². The predicted octanol–water partition coefficient (Wildman–Crippen LogP) is -0.362. The van der Waals surface area contributed by atoms with Gasteiger partial charge in [-0.3, -0.25) is 4.74 Å². The van der Waals surface area contributed by atoms with Gasteiger partial charge in [0.1, 0.15) is 6.10 Å². The Kier molecular flexibility index (Phi) is 2.44. The molecule has 0 aromatic carbocycles. The van der Waals surface area contributed by atoms with Gasteiger partial charge in [-0.25, -0.2) is 13.2 Å². The van der Waals surface area contributed by atoms with Crippen LogP contribution < -0.4 is 0 Å². The molecule has 0 aromatic rings. The monoisotopic (exact) mass is 258 g/mol. The van der Waals surface area contributed by atoms with Crippen LogP contribution in [0.5, 0.6) is 0 Å². The Labute approximate surface area is 89.4 Å². The normalized spacial score (nSPS) is 36.3. The van der Waals surface area contributed by atoms with Gasteiger partial charge in [-0.1, -0.05) is 0 Å². The number of fused-ring (bicyclic) bond motifs is 2. The fraction of sp³-hybridized carbons (Fsp3) is 0.857. The zero-order valence-electron chi connectivity index (χ0n) is 8.05. The first-order valence-corrected chi connectivity index (χ1v) is 6.03. The Morgan fingerprint density at radius 2 is 2.06 bits per heavy atom.